The highest BCUT2D eigenvalue weighted by molar-refractivity contribution is 5.88. The van der Waals surface area contributed by atoms with Crippen molar-refractivity contribution in [1.82, 2.24) is 5.32 Å². The Bertz CT molecular complexity index is 1120. The van der Waals surface area contributed by atoms with E-state index >= 15 is 0 Å². The molecule has 3 aromatic rings. The minimum Gasteiger partial charge on any atom is -0.508 e. The van der Waals surface area contributed by atoms with Crippen LogP contribution in [0.2, 0.25) is 0 Å². The highest BCUT2D eigenvalue weighted by Crippen LogP contribution is 2.24. The molecular formula is C20H17NO7. The van der Waals surface area contributed by atoms with Gasteiger partial charge in [0.2, 0.25) is 5.91 Å². The van der Waals surface area contributed by atoms with E-state index in [4.69, 9.17) is 4.42 Å². The molecule has 3 rings (SSSR count). The molecule has 1 aromatic heterocycles. The van der Waals surface area contributed by atoms with Crippen LogP contribution in [-0.4, -0.2) is 27.2 Å². The number of aryl methyl sites for hydroxylation is 1. The largest absolute Gasteiger partial charge is 0.508 e. The maximum atomic E-state index is 12.4. The van der Waals surface area contributed by atoms with E-state index < -0.39 is 23.5 Å². The minimum absolute atomic E-state index is 0.0327. The Kier molecular flexibility index (Phi) is 5.04. The number of aliphatic carboxylic acids is 1. The molecule has 0 saturated carbocycles. The van der Waals surface area contributed by atoms with Crippen LogP contribution in [0.1, 0.15) is 22.7 Å². The second-order valence-electron chi connectivity index (χ2n) is 6.28. The Balaban J connectivity index is 1.87. The number of carbonyl (C=O) groups excluding carboxylic acids is 1. The van der Waals surface area contributed by atoms with Gasteiger partial charge in [-0.2, -0.15) is 0 Å². The summed E-state index contributed by atoms with van der Waals surface area (Å²) in [6.45, 7) is 1.65. The van der Waals surface area contributed by atoms with E-state index in [1.807, 2.05) is 0 Å². The van der Waals surface area contributed by atoms with Gasteiger partial charge in [-0.3, -0.25) is 4.79 Å². The Morgan fingerprint density at radius 3 is 2.36 bits per heavy atom. The van der Waals surface area contributed by atoms with Crippen molar-refractivity contribution >= 4 is 22.8 Å². The second kappa shape index (κ2) is 7.43. The monoisotopic (exact) mass is 383 g/mol. The summed E-state index contributed by atoms with van der Waals surface area (Å²) in [7, 11) is 0. The summed E-state index contributed by atoms with van der Waals surface area (Å²) in [6.07, 6.45) is -0.368. The van der Waals surface area contributed by atoms with Crippen molar-refractivity contribution in [3.8, 4) is 11.5 Å². The third-order valence-corrected chi connectivity index (χ3v) is 4.39. The van der Waals surface area contributed by atoms with Gasteiger partial charge in [-0.15, -0.1) is 0 Å². The predicted molar refractivity (Wildman–Crippen MR) is 99.2 cm³/mol. The number of fused-ring (bicyclic) bond motifs is 1. The van der Waals surface area contributed by atoms with E-state index in [2.05, 4.69) is 5.32 Å². The molecule has 2 aromatic carbocycles. The second-order valence-corrected chi connectivity index (χ2v) is 6.28. The Hall–Kier alpha value is -3.81. The lowest BCUT2D eigenvalue weighted by atomic mass is 10.0. The zero-order chi connectivity index (χ0) is 20.4. The summed E-state index contributed by atoms with van der Waals surface area (Å²) < 4.78 is 5.17. The van der Waals surface area contributed by atoms with Gasteiger partial charge in [-0.05, 0) is 42.3 Å². The van der Waals surface area contributed by atoms with Gasteiger partial charge in [0.05, 0.1) is 12.0 Å². The smallest absolute Gasteiger partial charge is 0.340 e. The molecule has 0 aliphatic rings. The molecule has 0 radical (unpaired) electrons. The van der Waals surface area contributed by atoms with Gasteiger partial charge in [-0.1, -0.05) is 12.1 Å². The van der Waals surface area contributed by atoms with E-state index in [-0.39, 0.29) is 34.6 Å². The van der Waals surface area contributed by atoms with E-state index in [0.717, 1.165) is 0 Å². The van der Waals surface area contributed by atoms with E-state index in [0.29, 0.717) is 10.9 Å². The van der Waals surface area contributed by atoms with Gasteiger partial charge < -0.3 is 25.1 Å². The maximum absolute atomic E-state index is 12.4. The number of phenols is 2. The molecule has 4 N–H and O–H groups in total. The van der Waals surface area contributed by atoms with Crippen molar-refractivity contribution in [2.45, 2.75) is 19.4 Å². The molecule has 8 nitrogen and oxygen atoms in total. The third-order valence-electron chi connectivity index (χ3n) is 4.39. The van der Waals surface area contributed by atoms with Crippen molar-refractivity contribution in [1.29, 1.82) is 0 Å². The van der Waals surface area contributed by atoms with Crippen molar-refractivity contribution in [3.63, 3.8) is 0 Å². The maximum Gasteiger partial charge on any atom is 0.340 e. The molecule has 1 amide bonds. The third kappa shape index (κ3) is 3.80. The number of hydrogen-bond donors (Lipinski definition) is 4. The first-order valence-corrected chi connectivity index (χ1v) is 8.32. The number of benzene rings is 2. The topological polar surface area (TPSA) is 137 Å². The van der Waals surface area contributed by atoms with Crippen LogP contribution in [0.5, 0.6) is 11.5 Å². The summed E-state index contributed by atoms with van der Waals surface area (Å²) in [5.74, 6) is -2.04. The van der Waals surface area contributed by atoms with Crippen LogP contribution < -0.4 is 10.9 Å². The van der Waals surface area contributed by atoms with Crippen molar-refractivity contribution in [2.24, 2.45) is 0 Å². The van der Waals surface area contributed by atoms with Crippen LogP contribution in [0.15, 0.2) is 51.7 Å². The molecule has 144 valence electrons. The summed E-state index contributed by atoms with van der Waals surface area (Å²) in [4.78, 5) is 36.2. The van der Waals surface area contributed by atoms with Crippen LogP contribution in [0.25, 0.3) is 11.0 Å². The number of nitrogens with one attached hydrogen (secondary N) is 1. The molecule has 28 heavy (non-hydrogen) atoms. The first-order valence-electron chi connectivity index (χ1n) is 8.32. The molecule has 1 unspecified atom stereocenters. The number of amides is 1. The van der Waals surface area contributed by atoms with E-state index in [1.54, 1.807) is 13.0 Å². The Labute approximate surface area is 158 Å². The van der Waals surface area contributed by atoms with Gasteiger partial charge in [0, 0.05) is 11.5 Å². The number of carboxylic acids is 1. The Morgan fingerprint density at radius 2 is 1.71 bits per heavy atom. The zero-order valence-corrected chi connectivity index (χ0v) is 14.8. The lowest BCUT2D eigenvalue weighted by molar-refractivity contribution is -0.142. The molecule has 0 spiro atoms. The fraction of sp³-hybridized carbons (Fsp3) is 0.150. The molecule has 0 saturated heterocycles. The molecule has 1 heterocycles. The van der Waals surface area contributed by atoms with E-state index in [1.165, 1.54) is 36.4 Å². The molecule has 0 bridgehead atoms. The van der Waals surface area contributed by atoms with Crippen molar-refractivity contribution in [3.05, 3.63) is 69.6 Å². The lowest BCUT2D eigenvalue weighted by Gasteiger charge is -2.15. The fourth-order valence-corrected chi connectivity index (χ4v) is 2.91. The van der Waals surface area contributed by atoms with Crippen LogP contribution in [0.3, 0.4) is 0 Å². The van der Waals surface area contributed by atoms with Gasteiger partial charge in [0.25, 0.3) is 0 Å². The van der Waals surface area contributed by atoms with Gasteiger partial charge >= 0.3 is 11.6 Å². The summed E-state index contributed by atoms with van der Waals surface area (Å²) >= 11 is 0. The quantitative estimate of drug-likeness (QED) is 0.495. The summed E-state index contributed by atoms with van der Waals surface area (Å²) in [5, 5.41) is 31.2. The highest BCUT2D eigenvalue weighted by atomic mass is 16.4. The van der Waals surface area contributed by atoms with Crippen LogP contribution in [0, 0.1) is 6.92 Å². The molecule has 0 aliphatic carbocycles. The Morgan fingerprint density at radius 1 is 1.07 bits per heavy atom. The van der Waals surface area contributed by atoms with Crippen LogP contribution in [-0.2, 0) is 16.0 Å². The number of carbonyl (C=O) groups is 2. The fourth-order valence-electron chi connectivity index (χ4n) is 2.91. The molecular weight excluding hydrogens is 366 g/mol. The van der Waals surface area contributed by atoms with Gasteiger partial charge in [0.15, 0.2) is 6.04 Å². The normalized spacial score (nSPS) is 11.9. The predicted octanol–water partition coefficient (Wildman–Crippen LogP) is 2.00. The number of aromatic hydroxyl groups is 2. The first-order chi connectivity index (χ1) is 13.3. The number of hydrogen-bond acceptors (Lipinski definition) is 6. The molecule has 0 fully saturated rings. The van der Waals surface area contributed by atoms with Crippen LogP contribution in [0.4, 0.5) is 0 Å². The van der Waals surface area contributed by atoms with Gasteiger partial charge in [0.1, 0.15) is 17.1 Å². The number of carboxylic acid groups (broad SMARTS) is 1. The minimum atomic E-state index is -1.34. The zero-order valence-electron chi connectivity index (χ0n) is 14.8. The standard InChI is InChI=1S/C20H17NO7/c1-10-14-7-6-13(23)8-16(14)28-20(27)15(10)9-17(24)21-18(19(25)26)11-2-4-12(22)5-3-11/h2-8,18,22-23H,9H2,1H3,(H,21,24)(H,25,26). The summed E-state index contributed by atoms with van der Waals surface area (Å²) in [6, 6.07) is 8.37. The van der Waals surface area contributed by atoms with Crippen molar-refractivity contribution < 1.29 is 29.3 Å². The number of phenolic OH excluding ortho intramolecular Hbond substituents is 2. The van der Waals surface area contributed by atoms with E-state index in [9.17, 15) is 29.7 Å². The first kappa shape index (κ1) is 19.0. The molecule has 1 atom stereocenters. The molecule has 8 heteroatoms. The van der Waals surface area contributed by atoms with Crippen LogP contribution >= 0.6 is 0 Å². The van der Waals surface area contributed by atoms with Crippen molar-refractivity contribution in [2.75, 3.05) is 0 Å². The van der Waals surface area contributed by atoms with Gasteiger partial charge in [-0.25, -0.2) is 9.59 Å². The number of rotatable bonds is 5. The SMILES string of the molecule is Cc1c(CC(=O)NC(C(=O)O)c2ccc(O)cc2)c(=O)oc2cc(O)ccc12. The molecule has 0 aliphatic heterocycles. The summed E-state index contributed by atoms with van der Waals surface area (Å²) in [5.41, 5.74) is 0.348. The highest BCUT2D eigenvalue weighted by Gasteiger charge is 2.23. The average Bonchev–Trinajstić information content (AvgIpc) is 2.63. The average molecular weight is 383 g/mol. The lowest BCUT2D eigenvalue weighted by Crippen LogP contribution is -2.35.